The molecule has 0 unspecified atom stereocenters. The van der Waals surface area contributed by atoms with Gasteiger partial charge in [0.05, 0.1) is 18.2 Å². The third-order valence-corrected chi connectivity index (χ3v) is 2.59. The number of nitrogens with zero attached hydrogens (tertiary/aromatic N) is 2. The zero-order valence-corrected chi connectivity index (χ0v) is 11.3. The van der Waals surface area contributed by atoms with Gasteiger partial charge in [-0.2, -0.15) is 10.4 Å². The molecule has 2 heterocycles. The molecule has 21 heavy (non-hydrogen) atoms. The van der Waals surface area contributed by atoms with E-state index in [1.165, 1.54) is 12.3 Å². The fourth-order valence-corrected chi connectivity index (χ4v) is 1.61. The van der Waals surface area contributed by atoms with Crippen LogP contribution in [0.25, 0.3) is 0 Å². The Hall–Kier alpha value is -3.08. The minimum atomic E-state index is -0.476. The summed E-state index contributed by atoms with van der Waals surface area (Å²) < 4.78 is 5.19. The fourth-order valence-electron chi connectivity index (χ4n) is 1.61. The van der Waals surface area contributed by atoms with Gasteiger partial charge in [0.25, 0.3) is 11.8 Å². The van der Waals surface area contributed by atoms with Gasteiger partial charge in [-0.3, -0.25) is 14.7 Å². The second-order valence-electron chi connectivity index (χ2n) is 4.18. The molecule has 0 atom stereocenters. The summed E-state index contributed by atoms with van der Waals surface area (Å²) in [6.45, 7) is 1.94. The Morgan fingerprint density at radius 2 is 2.24 bits per heavy atom. The number of carbonyl (C=O) groups is 2. The van der Waals surface area contributed by atoms with Gasteiger partial charge in [-0.15, -0.1) is 0 Å². The highest BCUT2D eigenvalue weighted by Gasteiger charge is 2.18. The summed E-state index contributed by atoms with van der Waals surface area (Å²) in [4.78, 5) is 23.8. The van der Waals surface area contributed by atoms with Crippen molar-refractivity contribution in [2.24, 2.45) is 0 Å². The van der Waals surface area contributed by atoms with E-state index >= 15 is 0 Å². The molecular weight excluding hydrogens is 274 g/mol. The summed E-state index contributed by atoms with van der Waals surface area (Å²) in [7, 11) is 0. The quantitative estimate of drug-likeness (QED) is 0.713. The van der Waals surface area contributed by atoms with E-state index in [4.69, 9.17) is 9.68 Å². The number of carbonyl (C=O) groups excluding carboxylic acids is 2. The molecule has 2 aromatic heterocycles. The minimum absolute atomic E-state index is 0.0459. The molecule has 8 heteroatoms. The Labute approximate surface area is 120 Å². The highest BCUT2D eigenvalue weighted by molar-refractivity contribution is 6.06. The van der Waals surface area contributed by atoms with Crippen LogP contribution in [0.5, 0.6) is 0 Å². The van der Waals surface area contributed by atoms with Gasteiger partial charge in [-0.1, -0.05) is 0 Å². The monoisotopic (exact) mass is 287 g/mol. The number of rotatable bonds is 5. The number of hydrogen-bond donors (Lipinski definition) is 3. The molecule has 0 spiro atoms. The van der Waals surface area contributed by atoms with Crippen LogP contribution >= 0.6 is 0 Å². The number of aryl methyl sites for hydroxylation is 1. The molecule has 0 aromatic carbocycles. The Morgan fingerprint density at radius 3 is 2.90 bits per heavy atom. The van der Waals surface area contributed by atoms with Crippen molar-refractivity contribution in [3.05, 3.63) is 35.5 Å². The second kappa shape index (κ2) is 6.38. The lowest BCUT2D eigenvalue weighted by molar-refractivity contribution is 0.0950. The van der Waals surface area contributed by atoms with Crippen LogP contribution in [0.3, 0.4) is 0 Å². The Morgan fingerprint density at radius 1 is 1.43 bits per heavy atom. The number of aromatic nitrogens is 2. The van der Waals surface area contributed by atoms with E-state index in [2.05, 4.69) is 20.8 Å². The van der Waals surface area contributed by atoms with Crippen molar-refractivity contribution in [1.29, 1.82) is 5.26 Å². The van der Waals surface area contributed by atoms with Crippen molar-refractivity contribution in [3.63, 3.8) is 0 Å². The molecule has 2 amide bonds. The van der Waals surface area contributed by atoms with Gasteiger partial charge in [0.1, 0.15) is 5.76 Å². The maximum atomic E-state index is 11.9. The molecule has 0 aliphatic carbocycles. The van der Waals surface area contributed by atoms with E-state index in [-0.39, 0.29) is 30.1 Å². The number of hydrogen-bond acceptors (Lipinski definition) is 5. The highest BCUT2D eigenvalue weighted by Crippen LogP contribution is 2.14. The topological polar surface area (TPSA) is 124 Å². The first-order chi connectivity index (χ1) is 10.1. The number of furan rings is 1. The molecular formula is C13H13N5O3. The molecule has 0 fully saturated rings. The molecule has 0 radical (unpaired) electrons. The molecule has 0 aliphatic rings. The van der Waals surface area contributed by atoms with Crippen molar-refractivity contribution in [1.82, 2.24) is 15.5 Å². The van der Waals surface area contributed by atoms with Crippen LogP contribution in [0.1, 0.15) is 33.2 Å². The van der Waals surface area contributed by atoms with Crippen molar-refractivity contribution in [3.8, 4) is 6.07 Å². The number of amides is 2. The average molecular weight is 287 g/mol. The molecule has 0 aliphatic heterocycles. The smallest absolute Gasteiger partial charge is 0.291 e. The molecule has 0 saturated carbocycles. The van der Waals surface area contributed by atoms with Crippen LogP contribution in [0.4, 0.5) is 5.69 Å². The molecule has 0 bridgehead atoms. The molecule has 2 rings (SSSR count). The number of nitriles is 1. The Kier molecular flexibility index (Phi) is 4.36. The summed E-state index contributed by atoms with van der Waals surface area (Å²) in [5, 5.41) is 19.8. The molecule has 3 N–H and O–H groups in total. The van der Waals surface area contributed by atoms with Gasteiger partial charge in [0.2, 0.25) is 0 Å². The molecule has 8 nitrogen and oxygen atoms in total. The predicted molar refractivity (Wildman–Crippen MR) is 72.5 cm³/mol. The van der Waals surface area contributed by atoms with E-state index in [1.54, 1.807) is 13.0 Å². The van der Waals surface area contributed by atoms with Gasteiger partial charge >= 0.3 is 0 Å². The summed E-state index contributed by atoms with van der Waals surface area (Å²) in [5.74, 6) is -0.195. The van der Waals surface area contributed by atoms with Crippen molar-refractivity contribution >= 4 is 17.5 Å². The summed E-state index contributed by atoms with van der Waals surface area (Å²) in [6.07, 6.45) is 1.59. The van der Waals surface area contributed by atoms with Crippen molar-refractivity contribution < 1.29 is 14.0 Å². The van der Waals surface area contributed by atoms with E-state index in [0.29, 0.717) is 5.76 Å². The lowest BCUT2D eigenvalue weighted by Crippen LogP contribution is -2.26. The Balaban J connectivity index is 2.05. The lowest BCUT2D eigenvalue weighted by Gasteiger charge is -2.04. The number of H-pyrrole nitrogens is 1. The van der Waals surface area contributed by atoms with Crippen LogP contribution in [0.2, 0.25) is 0 Å². The largest absolute Gasteiger partial charge is 0.456 e. The Bertz CT molecular complexity index is 695. The number of anilines is 1. The van der Waals surface area contributed by atoms with E-state index in [0.717, 1.165) is 0 Å². The zero-order chi connectivity index (χ0) is 15.2. The maximum Gasteiger partial charge on any atom is 0.291 e. The van der Waals surface area contributed by atoms with Gasteiger partial charge in [0, 0.05) is 12.7 Å². The summed E-state index contributed by atoms with van der Waals surface area (Å²) in [6, 6.07) is 5.12. The summed E-state index contributed by atoms with van der Waals surface area (Å²) in [5.41, 5.74) is 0.285. The number of aromatic amines is 1. The van der Waals surface area contributed by atoms with Gasteiger partial charge < -0.3 is 15.1 Å². The van der Waals surface area contributed by atoms with Crippen LogP contribution in [0.15, 0.2) is 22.7 Å². The van der Waals surface area contributed by atoms with Crippen LogP contribution in [-0.2, 0) is 0 Å². The first-order valence-electron chi connectivity index (χ1n) is 6.18. The van der Waals surface area contributed by atoms with Crippen LogP contribution in [0, 0.1) is 18.3 Å². The van der Waals surface area contributed by atoms with Gasteiger partial charge in [-0.05, 0) is 19.1 Å². The molecule has 0 saturated heterocycles. The lowest BCUT2D eigenvalue weighted by atomic mass is 10.3. The second-order valence-corrected chi connectivity index (χ2v) is 4.18. The summed E-state index contributed by atoms with van der Waals surface area (Å²) >= 11 is 0. The van der Waals surface area contributed by atoms with E-state index in [9.17, 15) is 9.59 Å². The van der Waals surface area contributed by atoms with Crippen molar-refractivity contribution in [2.45, 2.75) is 13.3 Å². The zero-order valence-electron chi connectivity index (χ0n) is 11.3. The van der Waals surface area contributed by atoms with Gasteiger partial charge in [0.15, 0.2) is 11.5 Å². The van der Waals surface area contributed by atoms with E-state index < -0.39 is 11.8 Å². The van der Waals surface area contributed by atoms with Crippen molar-refractivity contribution in [2.75, 3.05) is 11.9 Å². The average Bonchev–Trinajstić information content (AvgIpc) is 3.08. The fraction of sp³-hybridized carbons (Fsp3) is 0.231. The van der Waals surface area contributed by atoms with Crippen LogP contribution < -0.4 is 10.6 Å². The standard InChI is InChI=1S/C13H13N5O3/c1-8-3-4-10(21-8)12(19)17-9-7-16-18-11(9)13(20)15-6-2-5-14/h3-4,7H,2,6H2,1H3,(H,15,20)(H,16,18)(H,17,19). The van der Waals surface area contributed by atoms with Crippen LogP contribution in [-0.4, -0.2) is 28.6 Å². The maximum absolute atomic E-state index is 11.9. The normalized spacial score (nSPS) is 9.90. The molecule has 2 aromatic rings. The van der Waals surface area contributed by atoms with E-state index in [1.807, 2.05) is 6.07 Å². The minimum Gasteiger partial charge on any atom is -0.456 e. The predicted octanol–water partition coefficient (Wildman–Crippen LogP) is 1.21. The number of nitrogens with one attached hydrogen (secondary N) is 3. The third-order valence-electron chi connectivity index (χ3n) is 2.59. The first kappa shape index (κ1) is 14.3. The molecule has 108 valence electrons. The third kappa shape index (κ3) is 3.48. The SMILES string of the molecule is Cc1ccc(C(=O)Nc2c[nH]nc2C(=O)NCCC#N)o1. The van der Waals surface area contributed by atoms with Gasteiger partial charge in [-0.25, -0.2) is 0 Å². The highest BCUT2D eigenvalue weighted by atomic mass is 16.3. The first-order valence-corrected chi connectivity index (χ1v) is 6.18.